The summed E-state index contributed by atoms with van der Waals surface area (Å²) in [7, 11) is 1.62. The molecule has 5 heteroatoms. The summed E-state index contributed by atoms with van der Waals surface area (Å²) < 4.78 is 10.7. The first-order chi connectivity index (χ1) is 10.5. The molecule has 0 radical (unpaired) electrons. The number of ether oxygens (including phenoxy) is 1. The third-order valence-electron chi connectivity index (χ3n) is 4.61. The Morgan fingerprint density at radius 3 is 3.00 bits per heavy atom. The third kappa shape index (κ3) is 2.68. The Bertz CT molecular complexity index is 694. The molecule has 1 saturated heterocycles. The first-order valence-electron chi connectivity index (χ1n) is 7.57. The van der Waals surface area contributed by atoms with Crippen LogP contribution in [0.25, 0.3) is 11.0 Å². The van der Waals surface area contributed by atoms with Crippen LogP contribution >= 0.6 is 0 Å². The van der Waals surface area contributed by atoms with E-state index in [9.17, 15) is 4.79 Å². The molecular formula is C17H22N2O3. The molecule has 1 fully saturated rings. The maximum Gasteiger partial charge on any atom is 0.227 e. The van der Waals surface area contributed by atoms with Gasteiger partial charge in [-0.05, 0) is 30.5 Å². The lowest BCUT2D eigenvalue weighted by molar-refractivity contribution is -0.129. The van der Waals surface area contributed by atoms with Crippen molar-refractivity contribution in [3.8, 4) is 5.75 Å². The number of nitrogens with zero attached hydrogens (tertiary/aromatic N) is 1. The second kappa shape index (κ2) is 5.65. The number of furan rings is 1. The number of likely N-dealkylation sites (tertiary alicyclic amines) is 1. The zero-order chi connectivity index (χ0) is 15.7. The summed E-state index contributed by atoms with van der Waals surface area (Å²) in [5, 5.41) is 0.968. The molecule has 2 N–H and O–H groups in total. The number of fused-ring (bicyclic) bond motifs is 1. The monoisotopic (exact) mass is 302 g/mol. The lowest BCUT2D eigenvalue weighted by Crippen LogP contribution is -2.35. The van der Waals surface area contributed by atoms with Gasteiger partial charge in [-0.15, -0.1) is 0 Å². The molecule has 5 nitrogen and oxygen atoms in total. The first-order valence-corrected chi connectivity index (χ1v) is 7.57. The van der Waals surface area contributed by atoms with Gasteiger partial charge in [0.15, 0.2) is 0 Å². The minimum atomic E-state index is 0.0570. The van der Waals surface area contributed by atoms with E-state index in [1.807, 2.05) is 23.1 Å². The summed E-state index contributed by atoms with van der Waals surface area (Å²) in [6.45, 7) is 4.28. The van der Waals surface area contributed by atoms with Crippen molar-refractivity contribution in [3.63, 3.8) is 0 Å². The molecule has 0 bridgehead atoms. The summed E-state index contributed by atoms with van der Waals surface area (Å²) in [5.41, 5.74) is 7.53. The van der Waals surface area contributed by atoms with E-state index in [1.54, 1.807) is 13.4 Å². The number of hydrogen-bond acceptors (Lipinski definition) is 4. The van der Waals surface area contributed by atoms with E-state index in [-0.39, 0.29) is 11.3 Å². The number of hydrogen-bond donors (Lipinski definition) is 1. The van der Waals surface area contributed by atoms with Gasteiger partial charge in [0, 0.05) is 30.1 Å². The average molecular weight is 302 g/mol. The highest BCUT2D eigenvalue weighted by Gasteiger charge is 2.34. The van der Waals surface area contributed by atoms with Gasteiger partial charge in [0.1, 0.15) is 11.3 Å². The highest BCUT2D eigenvalue weighted by molar-refractivity contribution is 5.88. The van der Waals surface area contributed by atoms with Crippen LogP contribution in [0.1, 0.15) is 18.9 Å². The molecule has 1 atom stereocenters. The van der Waals surface area contributed by atoms with Crippen molar-refractivity contribution in [2.45, 2.75) is 19.8 Å². The SMILES string of the molecule is COc1ccc2c(CC(=O)N3CCC(C)(CN)C3)coc2c1. The van der Waals surface area contributed by atoms with Crippen LogP contribution in [0.5, 0.6) is 5.75 Å². The number of nitrogens with two attached hydrogens (primary N) is 1. The fourth-order valence-corrected chi connectivity index (χ4v) is 3.01. The molecule has 118 valence electrons. The standard InChI is InChI=1S/C17H22N2O3/c1-17(10-18)5-6-19(11-17)16(20)7-12-9-22-15-8-13(21-2)3-4-14(12)15/h3-4,8-9H,5-7,10-11,18H2,1-2H3. The van der Waals surface area contributed by atoms with E-state index < -0.39 is 0 Å². The highest BCUT2D eigenvalue weighted by atomic mass is 16.5. The van der Waals surface area contributed by atoms with Gasteiger partial charge >= 0.3 is 0 Å². The second-order valence-electron chi connectivity index (χ2n) is 6.38. The van der Waals surface area contributed by atoms with Crippen molar-refractivity contribution < 1.29 is 13.9 Å². The molecule has 0 spiro atoms. The van der Waals surface area contributed by atoms with Gasteiger partial charge in [0.25, 0.3) is 0 Å². The largest absolute Gasteiger partial charge is 0.497 e. The molecule has 1 aliphatic heterocycles. The van der Waals surface area contributed by atoms with E-state index in [4.69, 9.17) is 14.9 Å². The second-order valence-corrected chi connectivity index (χ2v) is 6.38. The summed E-state index contributed by atoms with van der Waals surface area (Å²) in [4.78, 5) is 14.4. The Balaban J connectivity index is 1.75. The van der Waals surface area contributed by atoms with Crippen LogP contribution in [0.2, 0.25) is 0 Å². The van der Waals surface area contributed by atoms with Crippen LogP contribution in [0.4, 0.5) is 0 Å². The van der Waals surface area contributed by atoms with Gasteiger partial charge < -0.3 is 19.8 Å². The van der Waals surface area contributed by atoms with Crippen LogP contribution in [0, 0.1) is 5.41 Å². The van der Waals surface area contributed by atoms with Gasteiger partial charge in [-0.1, -0.05) is 6.92 Å². The molecule has 22 heavy (non-hydrogen) atoms. The van der Waals surface area contributed by atoms with Gasteiger partial charge in [0.05, 0.1) is 19.8 Å². The van der Waals surface area contributed by atoms with Crippen LogP contribution in [0.15, 0.2) is 28.9 Å². The number of benzene rings is 1. The Hall–Kier alpha value is -2.01. The Labute approximate surface area is 130 Å². The lowest BCUT2D eigenvalue weighted by atomic mass is 9.90. The van der Waals surface area contributed by atoms with Crippen molar-refractivity contribution in [1.29, 1.82) is 0 Å². The van der Waals surface area contributed by atoms with Crippen LogP contribution < -0.4 is 10.5 Å². The molecule has 2 heterocycles. The lowest BCUT2D eigenvalue weighted by Gasteiger charge is -2.22. The maximum absolute atomic E-state index is 12.5. The number of rotatable bonds is 4. The minimum absolute atomic E-state index is 0.0570. The fraction of sp³-hybridized carbons (Fsp3) is 0.471. The van der Waals surface area contributed by atoms with E-state index in [0.717, 1.165) is 41.8 Å². The highest BCUT2D eigenvalue weighted by Crippen LogP contribution is 2.30. The molecule has 1 amide bonds. The molecular weight excluding hydrogens is 280 g/mol. The normalized spacial score (nSPS) is 21.5. The quantitative estimate of drug-likeness (QED) is 0.940. The van der Waals surface area contributed by atoms with Gasteiger partial charge in [-0.2, -0.15) is 0 Å². The Kier molecular flexibility index (Phi) is 3.83. The van der Waals surface area contributed by atoms with Crippen molar-refractivity contribution in [1.82, 2.24) is 4.90 Å². The predicted molar refractivity (Wildman–Crippen MR) is 84.8 cm³/mol. The van der Waals surface area contributed by atoms with Crippen LogP contribution in [-0.4, -0.2) is 37.6 Å². The molecule has 1 aliphatic rings. The smallest absolute Gasteiger partial charge is 0.227 e. The zero-order valence-electron chi connectivity index (χ0n) is 13.1. The Morgan fingerprint density at radius 1 is 1.50 bits per heavy atom. The summed E-state index contributed by atoms with van der Waals surface area (Å²) >= 11 is 0. The molecule has 3 rings (SSSR count). The third-order valence-corrected chi connectivity index (χ3v) is 4.61. The van der Waals surface area contributed by atoms with Gasteiger partial charge in [-0.25, -0.2) is 0 Å². The van der Waals surface area contributed by atoms with Crippen LogP contribution in [-0.2, 0) is 11.2 Å². The minimum Gasteiger partial charge on any atom is -0.497 e. The molecule has 1 aromatic heterocycles. The zero-order valence-corrected chi connectivity index (χ0v) is 13.1. The molecule has 1 unspecified atom stereocenters. The maximum atomic E-state index is 12.5. The number of methoxy groups -OCH3 is 1. The fourth-order valence-electron chi connectivity index (χ4n) is 3.01. The molecule has 0 saturated carbocycles. The van der Waals surface area contributed by atoms with E-state index in [1.165, 1.54) is 0 Å². The van der Waals surface area contributed by atoms with Gasteiger partial charge in [0.2, 0.25) is 5.91 Å². The van der Waals surface area contributed by atoms with Crippen molar-refractivity contribution in [2.75, 3.05) is 26.7 Å². The number of carbonyl (C=O) groups is 1. The summed E-state index contributed by atoms with van der Waals surface area (Å²) in [5.74, 6) is 0.883. The predicted octanol–water partition coefficient (Wildman–Crippen LogP) is 2.18. The van der Waals surface area contributed by atoms with Crippen LogP contribution in [0.3, 0.4) is 0 Å². The van der Waals surface area contributed by atoms with Gasteiger partial charge in [-0.3, -0.25) is 4.79 Å². The number of amides is 1. The molecule has 0 aliphatic carbocycles. The van der Waals surface area contributed by atoms with Crippen molar-refractivity contribution >= 4 is 16.9 Å². The topological polar surface area (TPSA) is 68.7 Å². The average Bonchev–Trinajstić information content (AvgIpc) is 3.12. The molecule has 1 aromatic carbocycles. The molecule has 2 aromatic rings. The van der Waals surface area contributed by atoms with E-state index in [0.29, 0.717) is 13.0 Å². The summed E-state index contributed by atoms with van der Waals surface area (Å²) in [6, 6.07) is 5.66. The van der Waals surface area contributed by atoms with Crippen molar-refractivity contribution in [2.24, 2.45) is 11.1 Å². The first kappa shape index (κ1) is 14.9. The van der Waals surface area contributed by atoms with E-state index in [2.05, 4.69) is 6.92 Å². The number of carbonyl (C=O) groups excluding carboxylic acids is 1. The summed E-state index contributed by atoms with van der Waals surface area (Å²) in [6.07, 6.45) is 3.00. The van der Waals surface area contributed by atoms with Crippen molar-refractivity contribution in [3.05, 3.63) is 30.0 Å². The van der Waals surface area contributed by atoms with E-state index >= 15 is 0 Å². The Morgan fingerprint density at radius 2 is 2.32 bits per heavy atom.